The Hall–Kier alpha value is -1.36. The topological polar surface area (TPSA) is 32.7 Å². The summed E-state index contributed by atoms with van der Waals surface area (Å²) in [5.41, 5.74) is 2.61. The summed E-state index contributed by atoms with van der Waals surface area (Å²) in [4.78, 5) is 2.49. The van der Waals surface area contributed by atoms with E-state index in [0.29, 0.717) is 12.6 Å². The number of nitrogens with zero attached hydrogens (tertiary/aromatic N) is 1. The van der Waals surface area contributed by atoms with Crippen molar-refractivity contribution in [1.29, 1.82) is 0 Å². The number of aliphatic hydroxyl groups excluding tert-OH is 1. The smallest absolute Gasteiger partial charge is 0.119 e. The molecule has 1 aromatic heterocycles. The van der Waals surface area contributed by atoms with Crippen LogP contribution >= 0.6 is 11.3 Å². The van der Waals surface area contributed by atoms with Gasteiger partial charge in [0.2, 0.25) is 0 Å². The predicted molar refractivity (Wildman–Crippen MR) is 92.3 cm³/mol. The Bertz CT molecular complexity index is 542. The molecule has 0 bridgehead atoms. The molecule has 3 nitrogen and oxygen atoms in total. The van der Waals surface area contributed by atoms with Crippen LogP contribution in [-0.2, 0) is 13.1 Å². The minimum Gasteiger partial charge on any atom is -0.491 e. The van der Waals surface area contributed by atoms with Gasteiger partial charge in [-0.05, 0) is 53.4 Å². The fourth-order valence-corrected chi connectivity index (χ4v) is 3.03. The summed E-state index contributed by atoms with van der Waals surface area (Å²) in [6.07, 6.45) is 1.13. The first-order chi connectivity index (χ1) is 10.7. The van der Waals surface area contributed by atoms with Crippen LogP contribution in [0.25, 0.3) is 0 Å². The van der Waals surface area contributed by atoms with E-state index < -0.39 is 0 Å². The fraction of sp³-hybridized carbons (Fsp3) is 0.444. The molecular formula is C18H25NO2S. The Labute approximate surface area is 137 Å². The highest BCUT2D eigenvalue weighted by molar-refractivity contribution is 7.07. The number of hydrogen-bond acceptors (Lipinski definition) is 4. The number of rotatable bonds is 9. The third-order valence-electron chi connectivity index (χ3n) is 3.82. The Balaban J connectivity index is 2.05. The van der Waals surface area contributed by atoms with Gasteiger partial charge in [-0.2, -0.15) is 11.3 Å². The van der Waals surface area contributed by atoms with Crippen LogP contribution in [0.3, 0.4) is 0 Å². The van der Waals surface area contributed by atoms with E-state index in [2.05, 4.69) is 47.7 Å². The molecule has 0 radical (unpaired) electrons. The van der Waals surface area contributed by atoms with Crippen molar-refractivity contribution in [3.63, 3.8) is 0 Å². The maximum absolute atomic E-state index is 8.86. The predicted octanol–water partition coefficient (Wildman–Crippen LogP) is 3.92. The monoisotopic (exact) mass is 319 g/mol. The minimum atomic E-state index is 0.0430. The van der Waals surface area contributed by atoms with Crippen molar-refractivity contribution in [2.45, 2.75) is 39.4 Å². The van der Waals surface area contributed by atoms with E-state index in [4.69, 9.17) is 9.84 Å². The maximum atomic E-state index is 8.86. The number of aliphatic hydroxyl groups is 1. The van der Waals surface area contributed by atoms with Crippen LogP contribution in [0.2, 0.25) is 0 Å². The van der Waals surface area contributed by atoms with E-state index in [1.165, 1.54) is 11.1 Å². The molecule has 2 rings (SSSR count). The first-order valence-electron chi connectivity index (χ1n) is 7.80. The molecule has 1 atom stereocenters. The summed E-state index contributed by atoms with van der Waals surface area (Å²) in [7, 11) is 0. The van der Waals surface area contributed by atoms with Crippen molar-refractivity contribution in [1.82, 2.24) is 4.90 Å². The molecule has 1 aromatic carbocycles. The number of thiophene rings is 1. The summed E-state index contributed by atoms with van der Waals surface area (Å²) >= 11 is 1.75. The Morgan fingerprint density at radius 1 is 1.23 bits per heavy atom. The summed E-state index contributed by atoms with van der Waals surface area (Å²) in [5, 5.41) is 13.2. The highest BCUT2D eigenvalue weighted by atomic mass is 32.1. The van der Waals surface area contributed by atoms with Gasteiger partial charge in [0.15, 0.2) is 0 Å². The second-order valence-corrected chi connectivity index (χ2v) is 6.29. The lowest BCUT2D eigenvalue weighted by molar-refractivity contribution is 0.185. The second-order valence-electron chi connectivity index (χ2n) is 5.51. The van der Waals surface area contributed by atoms with Gasteiger partial charge >= 0.3 is 0 Å². The second kappa shape index (κ2) is 8.93. The number of ether oxygens (including phenoxy) is 1. The number of hydrogen-bond donors (Lipinski definition) is 1. The normalized spacial score (nSPS) is 12.5. The first-order valence-corrected chi connectivity index (χ1v) is 8.75. The molecule has 0 saturated carbocycles. The molecule has 0 saturated heterocycles. The van der Waals surface area contributed by atoms with E-state index in [1.54, 1.807) is 11.3 Å². The Morgan fingerprint density at radius 2 is 2.05 bits per heavy atom. The lowest BCUT2D eigenvalue weighted by Crippen LogP contribution is -2.31. The number of benzene rings is 1. The zero-order valence-electron chi connectivity index (χ0n) is 13.4. The largest absolute Gasteiger partial charge is 0.491 e. The molecule has 0 aliphatic carbocycles. The lowest BCUT2D eigenvalue weighted by Gasteiger charge is -2.28. The van der Waals surface area contributed by atoms with E-state index in [1.807, 2.05) is 12.1 Å². The molecule has 0 amide bonds. The minimum absolute atomic E-state index is 0.0430. The molecule has 22 heavy (non-hydrogen) atoms. The van der Waals surface area contributed by atoms with Crippen LogP contribution in [0.1, 0.15) is 31.4 Å². The van der Waals surface area contributed by atoms with Gasteiger partial charge in [0.25, 0.3) is 0 Å². The van der Waals surface area contributed by atoms with Crippen molar-refractivity contribution in [3.8, 4) is 5.75 Å². The summed E-state index contributed by atoms with van der Waals surface area (Å²) < 4.78 is 5.50. The highest BCUT2D eigenvalue weighted by Crippen LogP contribution is 2.19. The molecule has 1 N–H and O–H groups in total. The third-order valence-corrected chi connectivity index (χ3v) is 4.56. The third kappa shape index (κ3) is 5.13. The van der Waals surface area contributed by atoms with Crippen LogP contribution in [0.15, 0.2) is 41.1 Å². The lowest BCUT2D eigenvalue weighted by atomic mass is 10.1. The van der Waals surface area contributed by atoms with Gasteiger partial charge in [0.1, 0.15) is 12.4 Å². The average molecular weight is 319 g/mol. The van der Waals surface area contributed by atoms with Crippen molar-refractivity contribution in [2.75, 3.05) is 13.2 Å². The standard InChI is InChI=1S/C18H25NO2S/c1-3-15(2)19(13-17-7-10-22-14-17)12-16-5-4-6-18(11-16)21-9-8-20/h4-7,10-11,14-15,20H,3,8-9,12-13H2,1-2H3/t15-/m1/s1. The van der Waals surface area contributed by atoms with E-state index in [0.717, 1.165) is 25.3 Å². The van der Waals surface area contributed by atoms with E-state index in [-0.39, 0.29) is 6.61 Å². The first kappa shape index (κ1) is 17.0. The van der Waals surface area contributed by atoms with Gasteiger partial charge in [-0.25, -0.2) is 0 Å². The SMILES string of the molecule is CC[C@@H](C)N(Cc1ccsc1)Cc1cccc(OCCO)c1. The van der Waals surface area contributed by atoms with Gasteiger partial charge in [-0.15, -0.1) is 0 Å². The van der Waals surface area contributed by atoms with Crippen molar-refractivity contribution in [2.24, 2.45) is 0 Å². The van der Waals surface area contributed by atoms with Crippen LogP contribution in [-0.4, -0.2) is 29.3 Å². The van der Waals surface area contributed by atoms with Crippen LogP contribution in [0.4, 0.5) is 0 Å². The van der Waals surface area contributed by atoms with E-state index in [9.17, 15) is 0 Å². The Kier molecular flexibility index (Phi) is 6.90. The van der Waals surface area contributed by atoms with Crippen LogP contribution < -0.4 is 4.74 Å². The van der Waals surface area contributed by atoms with Gasteiger partial charge in [-0.3, -0.25) is 4.90 Å². The molecule has 2 aromatic rings. The van der Waals surface area contributed by atoms with Gasteiger partial charge in [0.05, 0.1) is 6.61 Å². The quantitative estimate of drug-likeness (QED) is 0.760. The van der Waals surface area contributed by atoms with E-state index >= 15 is 0 Å². The molecule has 0 unspecified atom stereocenters. The zero-order chi connectivity index (χ0) is 15.8. The highest BCUT2D eigenvalue weighted by Gasteiger charge is 2.14. The average Bonchev–Trinajstić information content (AvgIpc) is 3.05. The van der Waals surface area contributed by atoms with Crippen molar-refractivity contribution < 1.29 is 9.84 Å². The molecule has 0 aliphatic rings. The van der Waals surface area contributed by atoms with Crippen molar-refractivity contribution in [3.05, 3.63) is 52.2 Å². The molecule has 0 fully saturated rings. The fourth-order valence-electron chi connectivity index (χ4n) is 2.37. The summed E-state index contributed by atoms with van der Waals surface area (Å²) in [6, 6.07) is 10.9. The Morgan fingerprint density at radius 3 is 2.73 bits per heavy atom. The maximum Gasteiger partial charge on any atom is 0.119 e. The molecule has 0 spiro atoms. The molecule has 0 aliphatic heterocycles. The van der Waals surface area contributed by atoms with Gasteiger partial charge in [0, 0.05) is 19.1 Å². The van der Waals surface area contributed by atoms with Gasteiger partial charge < -0.3 is 9.84 Å². The summed E-state index contributed by atoms with van der Waals surface area (Å²) in [6.45, 7) is 6.76. The molecule has 120 valence electrons. The summed E-state index contributed by atoms with van der Waals surface area (Å²) in [5.74, 6) is 0.825. The van der Waals surface area contributed by atoms with Crippen LogP contribution in [0, 0.1) is 0 Å². The zero-order valence-corrected chi connectivity index (χ0v) is 14.2. The van der Waals surface area contributed by atoms with Crippen molar-refractivity contribution >= 4 is 11.3 Å². The van der Waals surface area contributed by atoms with Crippen LogP contribution in [0.5, 0.6) is 5.75 Å². The molecular weight excluding hydrogens is 294 g/mol. The molecule has 1 heterocycles. The van der Waals surface area contributed by atoms with Gasteiger partial charge in [-0.1, -0.05) is 19.1 Å². The molecule has 4 heteroatoms.